The molecule has 0 radical (unpaired) electrons. The third-order valence-corrected chi connectivity index (χ3v) is 4.47. The minimum Gasteiger partial charge on any atom is -0.444 e. The number of carbonyl (C=O) groups is 2. The van der Waals surface area contributed by atoms with E-state index in [1.54, 1.807) is 58.0 Å². The summed E-state index contributed by atoms with van der Waals surface area (Å²) in [6.07, 6.45) is -0.258. The summed E-state index contributed by atoms with van der Waals surface area (Å²) in [5.74, 6) is -0.670. The van der Waals surface area contributed by atoms with Crippen LogP contribution in [0.4, 0.5) is 20.6 Å². The van der Waals surface area contributed by atoms with E-state index in [0.29, 0.717) is 29.2 Å². The minimum atomic E-state index is -0.756. The summed E-state index contributed by atoms with van der Waals surface area (Å²) in [5, 5.41) is 8.65. The summed E-state index contributed by atoms with van der Waals surface area (Å²) in [6, 6.07) is 10.7. The zero-order valence-electron chi connectivity index (χ0n) is 17.6. The van der Waals surface area contributed by atoms with Gasteiger partial charge in [-0.3, -0.25) is 4.79 Å². The maximum absolute atomic E-state index is 13.1. The van der Waals surface area contributed by atoms with Crippen molar-refractivity contribution in [3.63, 3.8) is 0 Å². The predicted molar refractivity (Wildman–Crippen MR) is 119 cm³/mol. The molecule has 162 valence electrons. The number of alkyl carbamates (subject to hydrolysis) is 1. The number of rotatable bonds is 7. The Hall–Kier alpha value is -2.74. The van der Waals surface area contributed by atoms with Gasteiger partial charge in [0.1, 0.15) is 17.5 Å². The van der Waals surface area contributed by atoms with Crippen LogP contribution in [0.3, 0.4) is 0 Å². The Morgan fingerprint density at radius 1 is 1.13 bits per heavy atom. The fourth-order valence-corrected chi connectivity index (χ4v) is 2.93. The lowest BCUT2D eigenvalue weighted by atomic mass is 10.1. The van der Waals surface area contributed by atoms with Gasteiger partial charge in [0, 0.05) is 11.4 Å². The first-order valence-corrected chi connectivity index (χ1v) is 10.1. The molecule has 0 spiro atoms. The van der Waals surface area contributed by atoms with E-state index in [4.69, 9.17) is 4.74 Å². The summed E-state index contributed by atoms with van der Waals surface area (Å²) < 4.78 is 18.3. The Bertz CT molecular complexity index is 882. The molecule has 2 aromatic rings. The lowest BCUT2D eigenvalue weighted by Crippen LogP contribution is -2.45. The zero-order valence-corrected chi connectivity index (χ0v) is 18.5. The van der Waals surface area contributed by atoms with Gasteiger partial charge >= 0.3 is 6.09 Å². The molecule has 30 heavy (non-hydrogen) atoms. The maximum atomic E-state index is 13.1. The highest BCUT2D eigenvalue weighted by Gasteiger charge is 2.23. The number of halogens is 1. The Kier molecular flexibility index (Phi) is 8.11. The van der Waals surface area contributed by atoms with Crippen molar-refractivity contribution in [2.24, 2.45) is 0 Å². The molecule has 6 nitrogen and oxygen atoms in total. The van der Waals surface area contributed by atoms with Crippen molar-refractivity contribution in [2.45, 2.75) is 57.2 Å². The molecular weight excluding hydrogens is 405 g/mol. The lowest BCUT2D eigenvalue weighted by Gasteiger charge is -2.23. The van der Waals surface area contributed by atoms with Crippen LogP contribution in [0.25, 0.3) is 0 Å². The summed E-state index contributed by atoms with van der Waals surface area (Å²) in [5.41, 5.74) is 1.38. The highest BCUT2D eigenvalue weighted by Crippen LogP contribution is 2.29. The third-order valence-electron chi connectivity index (χ3n) is 4.10. The van der Waals surface area contributed by atoms with Gasteiger partial charge in [-0.2, -0.15) is 0 Å². The van der Waals surface area contributed by atoms with Gasteiger partial charge in [-0.25, -0.2) is 9.18 Å². The number of nitrogens with one attached hydrogen (secondary N) is 3. The van der Waals surface area contributed by atoms with Crippen LogP contribution in [0.1, 0.15) is 39.7 Å². The molecule has 0 unspecified atom stereocenters. The number of benzene rings is 2. The maximum Gasteiger partial charge on any atom is 0.408 e. The second-order valence-corrected chi connectivity index (χ2v) is 8.26. The SMILES string of the molecule is CC[C@H](NC(=O)OC(C)(C)C)C(=O)Nc1cccc(S)c1NCc1ccc(F)cc1. The van der Waals surface area contributed by atoms with Gasteiger partial charge in [0.2, 0.25) is 5.91 Å². The third kappa shape index (κ3) is 7.26. The van der Waals surface area contributed by atoms with Gasteiger partial charge < -0.3 is 20.7 Å². The van der Waals surface area contributed by atoms with Crippen LogP contribution in [-0.4, -0.2) is 23.6 Å². The Morgan fingerprint density at radius 3 is 2.40 bits per heavy atom. The Balaban J connectivity index is 2.09. The van der Waals surface area contributed by atoms with E-state index < -0.39 is 17.7 Å². The molecule has 1 atom stereocenters. The van der Waals surface area contributed by atoms with Gasteiger partial charge in [0.25, 0.3) is 0 Å². The van der Waals surface area contributed by atoms with Crippen molar-refractivity contribution in [3.8, 4) is 0 Å². The zero-order chi connectivity index (χ0) is 22.3. The molecule has 2 rings (SSSR count). The number of anilines is 2. The van der Waals surface area contributed by atoms with E-state index >= 15 is 0 Å². The van der Waals surface area contributed by atoms with Crippen molar-refractivity contribution in [3.05, 3.63) is 53.8 Å². The molecule has 3 N–H and O–H groups in total. The van der Waals surface area contributed by atoms with Crippen molar-refractivity contribution in [2.75, 3.05) is 10.6 Å². The highest BCUT2D eigenvalue weighted by atomic mass is 32.1. The van der Waals surface area contributed by atoms with Gasteiger partial charge in [0.15, 0.2) is 0 Å². The molecule has 2 aromatic carbocycles. The summed E-state index contributed by atoms with van der Waals surface area (Å²) in [6.45, 7) is 7.49. The van der Waals surface area contributed by atoms with Gasteiger partial charge in [-0.05, 0) is 57.0 Å². The molecule has 0 heterocycles. The van der Waals surface area contributed by atoms with E-state index in [1.807, 2.05) is 0 Å². The number of para-hydroxylation sites is 1. The van der Waals surface area contributed by atoms with Crippen molar-refractivity contribution < 1.29 is 18.7 Å². The average molecular weight is 434 g/mol. The first-order valence-electron chi connectivity index (χ1n) is 9.69. The van der Waals surface area contributed by atoms with E-state index in [1.165, 1.54) is 12.1 Å². The topological polar surface area (TPSA) is 79.5 Å². The molecule has 0 bridgehead atoms. The molecule has 0 aliphatic carbocycles. The number of carbonyl (C=O) groups excluding carboxylic acids is 2. The number of hydrogen-bond acceptors (Lipinski definition) is 5. The quantitative estimate of drug-likeness (QED) is 0.465. The van der Waals surface area contributed by atoms with Crippen LogP contribution in [0.15, 0.2) is 47.4 Å². The van der Waals surface area contributed by atoms with E-state index in [2.05, 4.69) is 28.6 Å². The molecule has 0 saturated heterocycles. The van der Waals surface area contributed by atoms with Crippen LogP contribution in [0.2, 0.25) is 0 Å². The highest BCUT2D eigenvalue weighted by molar-refractivity contribution is 7.80. The number of ether oxygens (including phenoxy) is 1. The minimum absolute atomic E-state index is 0.301. The van der Waals surface area contributed by atoms with Gasteiger partial charge in [-0.15, -0.1) is 12.6 Å². The summed E-state index contributed by atoms with van der Waals surface area (Å²) in [7, 11) is 0. The predicted octanol–water partition coefficient (Wildman–Crippen LogP) is 4.97. The molecule has 0 aromatic heterocycles. The first kappa shape index (κ1) is 23.5. The monoisotopic (exact) mass is 433 g/mol. The van der Waals surface area contributed by atoms with Crippen LogP contribution >= 0.6 is 12.6 Å². The fraction of sp³-hybridized carbons (Fsp3) is 0.364. The summed E-state index contributed by atoms with van der Waals surface area (Å²) in [4.78, 5) is 25.4. The number of hydrogen-bond donors (Lipinski definition) is 4. The second kappa shape index (κ2) is 10.3. The van der Waals surface area contributed by atoms with Crippen LogP contribution in [0.5, 0.6) is 0 Å². The van der Waals surface area contributed by atoms with Crippen molar-refractivity contribution in [1.29, 1.82) is 0 Å². The average Bonchev–Trinajstić information content (AvgIpc) is 2.65. The normalized spacial score (nSPS) is 12.1. The Labute approximate surface area is 182 Å². The number of thiol groups is 1. The van der Waals surface area contributed by atoms with E-state index in [9.17, 15) is 14.0 Å². The van der Waals surface area contributed by atoms with Crippen molar-refractivity contribution in [1.82, 2.24) is 5.32 Å². The van der Waals surface area contributed by atoms with E-state index in [-0.39, 0.29) is 11.7 Å². The lowest BCUT2D eigenvalue weighted by molar-refractivity contribution is -0.118. The van der Waals surface area contributed by atoms with Crippen LogP contribution in [0, 0.1) is 5.82 Å². The molecule has 0 aliphatic rings. The van der Waals surface area contributed by atoms with Crippen LogP contribution in [-0.2, 0) is 16.1 Å². The first-order chi connectivity index (χ1) is 14.1. The fourth-order valence-electron chi connectivity index (χ4n) is 2.65. The van der Waals surface area contributed by atoms with Crippen molar-refractivity contribution >= 4 is 36.0 Å². The van der Waals surface area contributed by atoms with Gasteiger partial charge in [0.05, 0.1) is 11.4 Å². The number of amides is 2. The Morgan fingerprint density at radius 2 is 1.80 bits per heavy atom. The molecule has 0 fully saturated rings. The van der Waals surface area contributed by atoms with E-state index in [0.717, 1.165) is 5.56 Å². The summed E-state index contributed by atoms with van der Waals surface area (Å²) >= 11 is 4.47. The second-order valence-electron chi connectivity index (χ2n) is 7.78. The standard InChI is InChI=1S/C22H28FN3O3S/c1-5-16(26-21(28)29-22(2,3)4)20(27)25-17-7-6-8-18(30)19(17)24-13-14-9-11-15(23)12-10-14/h6-12,16,24,30H,5,13H2,1-4H3,(H,25,27)(H,26,28)/t16-/m0/s1. The largest absolute Gasteiger partial charge is 0.444 e. The molecule has 8 heteroatoms. The molecule has 0 aliphatic heterocycles. The molecular formula is C22H28FN3O3S. The van der Waals surface area contributed by atoms with Crippen LogP contribution < -0.4 is 16.0 Å². The van der Waals surface area contributed by atoms with Gasteiger partial charge in [-0.1, -0.05) is 25.1 Å². The molecule has 0 saturated carbocycles. The smallest absolute Gasteiger partial charge is 0.408 e. The molecule has 2 amide bonds.